The zero-order chi connectivity index (χ0) is 25.4. The standard InChI is InChI=1S/C27H30ClNO6/c1-6-32-24(30)18-10-11-20(21(28)16-18)27(5)33-22-9-7-8-19(23(22)34-27)17-12-14-29(15-13-17)25(31)35-26(2,3)4/h7-12,16H,6,13-15H2,1-5H3. The summed E-state index contributed by atoms with van der Waals surface area (Å²) in [4.78, 5) is 26.2. The van der Waals surface area contributed by atoms with Crippen LogP contribution in [0.2, 0.25) is 5.02 Å². The lowest BCUT2D eigenvalue weighted by Crippen LogP contribution is -2.39. The van der Waals surface area contributed by atoms with Crippen LogP contribution in [-0.2, 0) is 15.3 Å². The van der Waals surface area contributed by atoms with Crippen molar-refractivity contribution in [2.45, 2.75) is 52.4 Å². The van der Waals surface area contributed by atoms with Crippen LogP contribution in [0.15, 0.2) is 42.5 Å². The first-order chi connectivity index (χ1) is 16.5. The molecule has 35 heavy (non-hydrogen) atoms. The fourth-order valence-corrected chi connectivity index (χ4v) is 4.47. The zero-order valence-electron chi connectivity index (χ0n) is 20.6. The van der Waals surface area contributed by atoms with Gasteiger partial charge in [-0.3, -0.25) is 0 Å². The summed E-state index contributed by atoms with van der Waals surface area (Å²) >= 11 is 6.54. The molecule has 0 radical (unpaired) electrons. The van der Waals surface area contributed by atoms with Crippen molar-refractivity contribution in [3.8, 4) is 11.5 Å². The molecule has 2 aromatic carbocycles. The maximum absolute atomic E-state index is 12.4. The van der Waals surface area contributed by atoms with Crippen molar-refractivity contribution in [2.24, 2.45) is 0 Å². The average Bonchev–Trinajstić information content (AvgIpc) is 3.15. The molecule has 2 aliphatic rings. The third-order valence-corrected chi connectivity index (χ3v) is 6.07. The van der Waals surface area contributed by atoms with Crippen LogP contribution in [0.4, 0.5) is 4.79 Å². The molecule has 0 bridgehead atoms. The summed E-state index contributed by atoms with van der Waals surface area (Å²) < 4.78 is 23.1. The van der Waals surface area contributed by atoms with E-state index in [0.717, 1.165) is 11.1 Å². The molecule has 0 aromatic heterocycles. The lowest BCUT2D eigenvalue weighted by molar-refractivity contribution is -0.0680. The number of amides is 1. The topological polar surface area (TPSA) is 74.3 Å². The van der Waals surface area contributed by atoms with Crippen molar-refractivity contribution in [1.82, 2.24) is 4.90 Å². The maximum Gasteiger partial charge on any atom is 0.410 e. The number of carbonyl (C=O) groups excluding carboxylic acids is 2. The molecule has 7 nitrogen and oxygen atoms in total. The van der Waals surface area contributed by atoms with E-state index in [0.29, 0.717) is 47.2 Å². The molecule has 1 amide bonds. The minimum Gasteiger partial charge on any atom is -0.462 e. The summed E-state index contributed by atoms with van der Waals surface area (Å²) in [6.45, 7) is 10.4. The number of benzene rings is 2. The van der Waals surface area contributed by atoms with Gasteiger partial charge in [0.1, 0.15) is 5.60 Å². The second-order valence-corrected chi connectivity index (χ2v) is 10.0. The average molecular weight is 500 g/mol. The van der Waals surface area contributed by atoms with Crippen LogP contribution in [-0.4, -0.2) is 42.3 Å². The molecule has 2 aliphatic heterocycles. The van der Waals surface area contributed by atoms with Crippen LogP contribution >= 0.6 is 11.6 Å². The molecule has 1 unspecified atom stereocenters. The number of fused-ring (bicyclic) bond motifs is 1. The van der Waals surface area contributed by atoms with Gasteiger partial charge in [0.25, 0.3) is 5.79 Å². The van der Waals surface area contributed by atoms with E-state index in [1.807, 2.05) is 45.0 Å². The highest BCUT2D eigenvalue weighted by Crippen LogP contribution is 2.49. The molecule has 0 N–H and O–H groups in total. The normalized spacial score (nSPS) is 19.3. The van der Waals surface area contributed by atoms with Gasteiger partial charge < -0.3 is 23.8 Å². The number of nitrogens with zero attached hydrogens (tertiary/aromatic N) is 1. The Labute approximate surface area is 210 Å². The number of hydrogen-bond donors (Lipinski definition) is 0. The van der Waals surface area contributed by atoms with E-state index in [1.54, 1.807) is 36.9 Å². The SMILES string of the molecule is CCOC(=O)c1ccc(C2(C)Oc3cccc(C4=CCN(C(=O)OC(C)(C)C)CC4)c3O2)c(Cl)c1. The summed E-state index contributed by atoms with van der Waals surface area (Å²) in [5, 5.41) is 0.345. The van der Waals surface area contributed by atoms with E-state index in [9.17, 15) is 9.59 Å². The van der Waals surface area contributed by atoms with Crippen LogP contribution < -0.4 is 9.47 Å². The predicted molar refractivity (Wildman–Crippen MR) is 133 cm³/mol. The van der Waals surface area contributed by atoms with Crippen LogP contribution in [0.25, 0.3) is 5.57 Å². The van der Waals surface area contributed by atoms with Crippen molar-refractivity contribution in [3.05, 3.63) is 64.2 Å². The first kappa shape index (κ1) is 24.9. The Hall–Kier alpha value is -3.19. The Morgan fingerprint density at radius 2 is 1.94 bits per heavy atom. The van der Waals surface area contributed by atoms with Crippen LogP contribution in [0.1, 0.15) is 62.5 Å². The summed E-state index contributed by atoms with van der Waals surface area (Å²) in [6.07, 6.45) is 2.35. The summed E-state index contributed by atoms with van der Waals surface area (Å²) in [5.74, 6) is -0.376. The number of carbonyl (C=O) groups is 2. The summed E-state index contributed by atoms with van der Waals surface area (Å²) in [5.41, 5.74) is 2.41. The lowest BCUT2D eigenvalue weighted by atomic mass is 9.98. The molecule has 186 valence electrons. The zero-order valence-corrected chi connectivity index (χ0v) is 21.4. The lowest BCUT2D eigenvalue weighted by Gasteiger charge is -2.30. The monoisotopic (exact) mass is 499 g/mol. The Morgan fingerprint density at radius 3 is 2.57 bits per heavy atom. The molecule has 1 atom stereocenters. The molecule has 0 fully saturated rings. The van der Waals surface area contributed by atoms with Gasteiger partial charge in [-0.1, -0.05) is 29.8 Å². The van der Waals surface area contributed by atoms with Crippen molar-refractivity contribution in [3.63, 3.8) is 0 Å². The molecular weight excluding hydrogens is 470 g/mol. The molecule has 0 spiro atoms. The highest BCUT2D eigenvalue weighted by molar-refractivity contribution is 6.31. The number of para-hydroxylation sites is 1. The Bertz CT molecular complexity index is 1180. The minimum absolute atomic E-state index is 0.283. The van der Waals surface area contributed by atoms with Gasteiger partial charge in [-0.15, -0.1) is 0 Å². The summed E-state index contributed by atoms with van der Waals surface area (Å²) in [7, 11) is 0. The number of esters is 1. The smallest absolute Gasteiger partial charge is 0.410 e. The van der Waals surface area contributed by atoms with Crippen molar-refractivity contribution in [1.29, 1.82) is 0 Å². The molecule has 8 heteroatoms. The van der Waals surface area contributed by atoms with E-state index in [4.69, 9.17) is 30.5 Å². The third-order valence-electron chi connectivity index (χ3n) is 5.76. The molecule has 0 aliphatic carbocycles. The maximum atomic E-state index is 12.4. The molecule has 0 saturated carbocycles. The van der Waals surface area contributed by atoms with E-state index < -0.39 is 17.4 Å². The highest BCUT2D eigenvalue weighted by Gasteiger charge is 2.42. The van der Waals surface area contributed by atoms with Gasteiger partial charge in [-0.2, -0.15) is 0 Å². The first-order valence-electron chi connectivity index (χ1n) is 11.7. The second-order valence-electron chi connectivity index (χ2n) is 9.60. The van der Waals surface area contributed by atoms with Gasteiger partial charge in [-0.05, 0) is 64.0 Å². The molecule has 2 aromatic rings. The van der Waals surface area contributed by atoms with E-state index in [-0.39, 0.29) is 12.7 Å². The fourth-order valence-electron chi connectivity index (χ4n) is 4.12. The summed E-state index contributed by atoms with van der Waals surface area (Å²) in [6, 6.07) is 10.7. The molecule has 2 heterocycles. The quantitative estimate of drug-likeness (QED) is 0.467. The molecule has 0 saturated heterocycles. The van der Waals surface area contributed by atoms with Crippen molar-refractivity contribution in [2.75, 3.05) is 19.7 Å². The number of hydrogen-bond acceptors (Lipinski definition) is 6. The van der Waals surface area contributed by atoms with Gasteiger partial charge in [0.2, 0.25) is 0 Å². The molecular formula is C27H30ClNO6. The highest BCUT2D eigenvalue weighted by atomic mass is 35.5. The second kappa shape index (κ2) is 9.46. The third kappa shape index (κ3) is 5.25. The van der Waals surface area contributed by atoms with Gasteiger partial charge in [-0.25, -0.2) is 9.59 Å². The van der Waals surface area contributed by atoms with E-state index in [1.165, 1.54) is 0 Å². The van der Waals surface area contributed by atoms with Crippen molar-refractivity contribution >= 4 is 29.2 Å². The van der Waals surface area contributed by atoms with E-state index >= 15 is 0 Å². The number of halogens is 1. The first-order valence-corrected chi connectivity index (χ1v) is 12.0. The minimum atomic E-state index is -1.17. The van der Waals surface area contributed by atoms with Crippen LogP contribution in [0.5, 0.6) is 11.5 Å². The van der Waals surface area contributed by atoms with Crippen molar-refractivity contribution < 1.29 is 28.5 Å². The fraction of sp³-hybridized carbons (Fsp3) is 0.407. The van der Waals surface area contributed by atoms with Crippen LogP contribution in [0.3, 0.4) is 0 Å². The van der Waals surface area contributed by atoms with Gasteiger partial charge in [0.05, 0.1) is 22.8 Å². The van der Waals surface area contributed by atoms with Crippen LogP contribution in [0, 0.1) is 0 Å². The number of rotatable bonds is 4. The Balaban J connectivity index is 1.55. The van der Waals surface area contributed by atoms with Gasteiger partial charge in [0, 0.05) is 25.6 Å². The van der Waals surface area contributed by atoms with Gasteiger partial charge in [0.15, 0.2) is 11.5 Å². The predicted octanol–water partition coefficient (Wildman–Crippen LogP) is 6.19. The number of ether oxygens (including phenoxy) is 4. The molecule has 4 rings (SSSR count). The Morgan fingerprint density at radius 1 is 1.17 bits per heavy atom. The largest absolute Gasteiger partial charge is 0.462 e. The van der Waals surface area contributed by atoms with Gasteiger partial charge >= 0.3 is 12.1 Å². The van der Waals surface area contributed by atoms with E-state index in [2.05, 4.69) is 0 Å². The Kier molecular flexibility index (Phi) is 6.73.